The van der Waals surface area contributed by atoms with Crippen molar-refractivity contribution in [1.82, 2.24) is 0 Å². The van der Waals surface area contributed by atoms with Gasteiger partial charge in [0.05, 0.1) is 6.10 Å². The summed E-state index contributed by atoms with van der Waals surface area (Å²) in [6, 6.07) is 0. The van der Waals surface area contributed by atoms with Crippen molar-refractivity contribution in [3.63, 3.8) is 0 Å². The Kier molecular flexibility index (Phi) is 6.54. The molecule has 9 atom stereocenters. The molecule has 0 aliphatic heterocycles. The molecule has 0 spiro atoms. The summed E-state index contributed by atoms with van der Waals surface area (Å²) in [5.41, 5.74) is 2.14. The molecular formula is C29H48O2. The highest BCUT2D eigenvalue weighted by Gasteiger charge is 2.59. The van der Waals surface area contributed by atoms with Gasteiger partial charge in [-0.25, -0.2) is 0 Å². The minimum absolute atomic E-state index is 0.159. The van der Waals surface area contributed by atoms with E-state index in [1.807, 2.05) is 6.08 Å². The lowest BCUT2D eigenvalue weighted by molar-refractivity contribution is -0.117. The molecule has 0 amide bonds. The highest BCUT2D eigenvalue weighted by atomic mass is 16.3. The fraction of sp³-hybridized carbons (Fsp3) is 0.897. The highest BCUT2D eigenvalue weighted by molar-refractivity contribution is 5.91. The molecule has 1 N–H and O–H groups in total. The van der Waals surface area contributed by atoms with E-state index in [9.17, 15) is 9.90 Å². The number of fused-ring (bicyclic) bond motifs is 5. The molecule has 0 radical (unpaired) electrons. The summed E-state index contributed by atoms with van der Waals surface area (Å²) < 4.78 is 0. The van der Waals surface area contributed by atoms with Gasteiger partial charge in [-0.2, -0.15) is 0 Å². The Morgan fingerprint density at radius 1 is 1.03 bits per heavy atom. The van der Waals surface area contributed by atoms with Crippen LogP contribution in [0.5, 0.6) is 0 Å². The van der Waals surface area contributed by atoms with Gasteiger partial charge in [0.15, 0.2) is 5.78 Å². The van der Waals surface area contributed by atoms with E-state index in [-0.39, 0.29) is 11.5 Å². The summed E-state index contributed by atoms with van der Waals surface area (Å²) in [6.45, 7) is 14.3. The second kappa shape index (κ2) is 8.62. The summed E-state index contributed by atoms with van der Waals surface area (Å²) in [4.78, 5) is 12.1. The molecule has 31 heavy (non-hydrogen) atoms. The zero-order chi connectivity index (χ0) is 22.6. The minimum Gasteiger partial charge on any atom is -0.393 e. The second-order valence-electron chi connectivity index (χ2n) is 12.8. The molecule has 4 rings (SSSR count). The fourth-order valence-corrected chi connectivity index (χ4v) is 9.17. The predicted molar refractivity (Wildman–Crippen MR) is 129 cm³/mol. The molecule has 4 aliphatic rings. The average Bonchev–Trinajstić information content (AvgIpc) is 3.08. The number of carbonyl (C=O) groups is 1. The van der Waals surface area contributed by atoms with Gasteiger partial charge >= 0.3 is 0 Å². The first kappa shape index (κ1) is 23.5. The van der Waals surface area contributed by atoms with Crippen LogP contribution < -0.4 is 0 Å². The lowest BCUT2D eigenvalue weighted by Crippen LogP contribution is -2.51. The SMILES string of the molecule is CCC(CC(O)C(C)C1CCC2C3CCC4=CC(=O)CCC4(C)C3CCC12C)C(C)C. The molecule has 176 valence electrons. The van der Waals surface area contributed by atoms with Gasteiger partial charge in [-0.1, -0.05) is 53.5 Å². The van der Waals surface area contributed by atoms with Crippen molar-refractivity contribution in [1.29, 1.82) is 0 Å². The maximum absolute atomic E-state index is 12.1. The summed E-state index contributed by atoms with van der Waals surface area (Å²) >= 11 is 0. The van der Waals surface area contributed by atoms with Crippen LogP contribution in [0.25, 0.3) is 0 Å². The number of carbonyl (C=O) groups excluding carboxylic acids is 1. The molecule has 9 unspecified atom stereocenters. The van der Waals surface area contributed by atoms with Gasteiger partial charge in [0, 0.05) is 6.42 Å². The molecule has 0 bridgehead atoms. The monoisotopic (exact) mass is 428 g/mol. The number of allylic oxidation sites excluding steroid dienone is 1. The van der Waals surface area contributed by atoms with Gasteiger partial charge in [0.25, 0.3) is 0 Å². The Hall–Kier alpha value is -0.630. The Morgan fingerprint density at radius 3 is 2.45 bits per heavy atom. The van der Waals surface area contributed by atoms with Crippen LogP contribution in [0.4, 0.5) is 0 Å². The minimum atomic E-state index is -0.159. The molecule has 4 aliphatic carbocycles. The summed E-state index contributed by atoms with van der Waals surface area (Å²) in [5.74, 6) is 5.12. The van der Waals surface area contributed by atoms with E-state index in [0.717, 1.165) is 43.4 Å². The zero-order valence-corrected chi connectivity index (χ0v) is 21.1. The number of aliphatic hydroxyl groups excluding tert-OH is 1. The third-order valence-corrected chi connectivity index (χ3v) is 11.3. The molecule has 3 saturated carbocycles. The summed E-state index contributed by atoms with van der Waals surface area (Å²) in [7, 11) is 0. The predicted octanol–water partition coefficient (Wildman–Crippen LogP) is 7.20. The fourth-order valence-electron chi connectivity index (χ4n) is 9.17. The summed E-state index contributed by atoms with van der Waals surface area (Å²) in [6.07, 6.45) is 13.6. The first-order chi connectivity index (χ1) is 14.6. The van der Waals surface area contributed by atoms with Crippen LogP contribution >= 0.6 is 0 Å². The quantitative estimate of drug-likeness (QED) is 0.485. The first-order valence-electron chi connectivity index (χ1n) is 13.5. The van der Waals surface area contributed by atoms with Crippen LogP contribution in [0.3, 0.4) is 0 Å². The second-order valence-corrected chi connectivity index (χ2v) is 12.8. The van der Waals surface area contributed by atoms with Crippen molar-refractivity contribution in [2.45, 2.75) is 112 Å². The maximum atomic E-state index is 12.1. The van der Waals surface area contributed by atoms with Gasteiger partial charge in [0.2, 0.25) is 0 Å². The standard InChI is InChI=1S/C29H48O2/c1-7-20(18(2)3)16-27(31)19(4)24-10-11-25-23-9-8-21-17-22(30)12-14-28(21,5)26(23)13-15-29(24,25)6/h17-20,23-27,31H,7-16H2,1-6H3. The molecule has 3 fully saturated rings. The van der Waals surface area contributed by atoms with Crippen molar-refractivity contribution >= 4 is 5.78 Å². The van der Waals surface area contributed by atoms with E-state index >= 15 is 0 Å². The van der Waals surface area contributed by atoms with Gasteiger partial charge < -0.3 is 5.11 Å². The smallest absolute Gasteiger partial charge is 0.155 e. The molecule has 0 heterocycles. The Balaban J connectivity index is 1.51. The molecule has 2 nitrogen and oxygen atoms in total. The number of rotatable bonds is 6. The molecule has 2 heteroatoms. The van der Waals surface area contributed by atoms with Gasteiger partial charge in [-0.15, -0.1) is 0 Å². The maximum Gasteiger partial charge on any atom is 0.155 e. The summed E-state index contributed by atoms with van der Waals surface area (Å²) in [5, 5.41) is 11.2. The van der Waals surface area contributed by atoms with Crippen molar-refractivity contribution in [3.8, 4) is 0 Å². The zero-order valence-electron chi connectivity index (χ0n) is 21.1. The van der Waals surface area contributed by atoms with Crippen LogP contribution in [-0.2, 0) is 4.79 Å². The Bertz CT molecular complexity index is 708. The Labute approximate surface area is 191 Å². The van der Waals surface area contributed by atoms with Crippen LogP contribution in [0.1, 0.15) is 106 Å². The third-order valence-electron chi connectivity index (χ3n) is 11.3. The van der Waals surface area contributed by atoms with E-state index in [4.69, 9.17) is 0 Å². The third kappa shape index (κ3) is 3.87. The van der Waals surface area contributed by atoms with Gasteiger partial charge in [-0.3, -0.25) is 4.79 Å². The van der Waals surface area contributed by atoms with E-state index in [1.54, 1.807) is 0 Å². The molecular weight excluding hydrogens is 380 g/mol. The van der Waals surface area contributed by atoms with Crippen molar-refractivity contribution in [2.75, 3.05) is 0 Å². The average molecular weight is 429 g/mol. The molecule has 0 aromatic carbocycles. The van der Waals surface area contributed by atoms with E-state index < -0.39 is 0 Å². The molecule has 0 aromatic rings. The highest BCUT2D eigenvalue weighted by Crippen LogP contribution is 2.67. The first-order valence-corrected chi connectivity index (χ1v) is 13.5. The Morgan fingerprint density at radius 2 is 1.77 bits per heavy atom. The van der Waals surface area contributed by atoms with Gasteiger partial charge in [-0.05, 0) is 110 Å². The lowest BCUT2D eigenvalue weighted by Gasteiger charge is -2.58. The van der Waals surface area contributed by atoms with Crippen LogP contribution in [0.2, 0.25) is 0 Å². The number of aliphatic hydroxyl groups is 1. The largest absolute Gasteiger partial charge is 0.393 e. The van der Waals surface area contributed by atoms with E-state index in [0.29, 0.717) is 34.9 Å². The normalized spacial score (nSPS) is 43.0. The van der Waals surface area contributed by atoms with Crippen molar-refractivity contribution in [3.05, 3.63) is 11.6 Å². The topological polar surface area (TPSA) is 37.3 Å². The molecule has 0 aromatic heterocycles. The van der Waals surface area contributed by atoms with Crippen LogP contribution in [-0.4, -0.2) is 17.0 Å². The van der Waals surface area contributed by atoms with Crippen LogP contribution in [0.15, 0.2) is 11.6 Å². The molecule has 0 saturated heterocycles. The van der Waals surface area contributed by atoms with Crippen LogP contribution in [0, 0.1) is 52.3 Å². The van der Waals surface area contributed by atoms with E-state index in [2.05, 4.69) is 41.5 Å². The number of hydrogen-bond acceptors (Lipinski definition) is 2. The number of ketones is 1. The lowest BCUT2D eigenvalue weighted by atomic mass is 9.46. The van der Waals surface area contributed by atoms with E-state index in [1.165, 1.54) is 44.1 Å². The van der Waals surface area contributed by atoms with Crippen molar-refractivity contribution < 1.29 is 9.90 Å². The van der Waals surface area contributed by atoms with Gasteiger partial charge in [0.1, 0.15) is 0 Å². The van der Waals surface area contributed by atoms with Crippen molar-refractivity contribution in [2.24, 2.45) is 52.3 Å². The number of hydrogen-bond donors (Lipinski definition) is 1.